The van der Waals surface area contributed by atoms with Crippen LogP contribution in [0.5, 0.6) is 0 Å². The summed E-state index contributed by atoms with van der Waals surface area (Å²) in [7, 11) is -0.695. The number of sulfonamides is 1. The molecule has 1 amide bonds. The van der Waals surface area contributed by atoms with Crippen LogP contribution in [0.3, 0.4) is 0 Å². The summed E-state index contributed by atoms with van der Waals surface area (Å²) in [4.78, 5) is 12.8. The Hall–Kier alpha value is -2.97. The normalized spacial score (nSPS) is 11.6. The number of hydrogen-bond donors (Lipinski definition) is 1. The summed E-state index contributed by atoms with van der Waals surface area (Å²) in [6.45, 7) is 3.20. The zero-order chi connectivity index (χ0) is 21.2. The van der Waals surface area contributed by atoms with Gasteiger partial charge in [-0.1, -0.05) is 48.5 Å². The van der Waals surface area contributed by atoms with Gasteiger partial charge in [-0.3, -0.25) is 9.48 Å². The molecule has 0 aliphatic heterocycles. The Morgan fingerprint density at radius 1 is 1.03 bits per heavy atom. The molecular weight excluding hydrogens is 388 g/mol. The van der Waals surface area contributed by atoms with Crippen molar-refractivity contribution in [2.24, 2.45) is 0 Å². The van der Waals surface area contributed by atoms with E-state index in [0.29, 0.717) is 17.1 Å². The Labute approximate surface area is 171 Å². The number of carbonyl (C=O) groups is 1. The number of benzene rings is 2. The number of para-hydroxylation sites is 1. The molecule has 0 aliphatic carbocycles. The Bertz CT molecular complexity index is 1140. The maximum absolute atomic E-state index is 12.7. The van der Waals surface area contributed by atoms with Crippen LogP contribution in [0.2, 0.25) is 0 Å². The third kappa shape index (κ3) is 4.23. The zero-order valence-electron chi connectivity index (χ0n) is 16.9. The number of hydrogen-bond acceptors (Lipinski definition) is 4. The highest BCUT2D eigenvalue weighted by molar-refractivity contribution is 7.89. The van der Waals surface area contributed by atoms with Crippen LogP contribution in [0.15, 0.2) is 59.5 Å². The average Bonchev–Trinajstić information content (AvgIpc) is 2.96. The molecular formula is C21H24N4O3S. The van der Waals surface area contributed by atoms with E-state index in [4.69, 9.17) is 0 Å². The van der Waals surface area contributed by atoms with Gasteiger partial charge < -0.3 is 5.32 Å². The lowest BCUT2D eigenvalue weighted by Crippen LogP contribution is -2.24. The second kappa shape index (κ2) is 8.18. The summed E-state index contributed by atoms with van der Waals surface area (Å²) in [5.74, 6) is -0.284. The molecule has 7 nitrogen and oxygen atoms in total. The van der Waals surface area contributed by atoms with Crippen LogP contribution in [0.4, 0.5) is 5.69 Å². The summed E-state index contributed by atoms with van der Waals surface area (Å²) in [6.07, 6.45) is 0. The molecule has 0 spiro atoms. The van der Waals surface area contributed by atoms with E-state index >= 15 is 0 Å². The molecule has 8 heteroatoms. The largest absolute Gasteiger partial charge is 0.324 e. The third-order valence-electron chi connectivity index (χ3n) is 4.63. The molecule has 29 heavy (non-hydrogen) atoms. The minimum atomic E-state index is -3.64. The second-order valence-corrected chi connectivity index (χ2v) is 8.99. The fraction of sp³-hybridized carbons (Fsp3) is 0.238. The van der Waals surface area contributed by atoms with E-state index in [9.17, 15) is 13.2 Å². The first-order valence-electron chi connectivity index (χ1n) is 9.12. The van der Waals surface area contributed by atoms with Crippen molar-refractivity contribution in [1.29, 1.82) is 0 Å². The van der Waals surface area contributed by atoms with Crippen LogP contribution in [-0.2, 0) is 21.4 Å². The molecule has 0 radical (unpaired) electrons. The number of carbonyl (C=O) groups excluding carboxylic acids is 1. The van der Waals surface area contributed by atoms with Crippen molar-refractivity contribution in [3.8, 4) is 11.1 Å². The molecule has 152 valence electrons. The van der Waals surface area contributed by atoms with Crippen LogP contribution in [0.1, 0.15) is 11.4 Å². The van der Waals surface area contributed by atoms with Gasteiger partial charge in [-0.2, -0.15) is 5.10 Å². The number of nitrogens with one attached hydrogen (secondary N) is 1. The van der Waals surface area contributed by atoms with E-state index in [1.54, 1.807) is 13.8 Å². The van der Waals surface area contributed by atoms with Crippen LogP contribution in [0, 0.1) is 13.8 Å². The number of nitrogens with zero attached hydrogens (tertiary/aromatic N) is 3. The SMILES string of the molecule is Cc1nn(CC(=O)Nc2ccccc2-c2ccccc2)c(C)c1S(=O)(=O)N(C)C. The summed E-state index contributed by atoms with van der Waals surface area (Å²) < 4.78 is 27.6. The molecule has 0 aliphatic rings. The van der Waals surface area contributed by atoms with Gasteiger partial charge in [-0.15, -0.1) is 0 Å². The lowest BCUT2D eigenvalue weighted by molar-refractivity contribution is -0.116. The number of rotatable bonds is 6. The van der Waals surface area contributed by atoms with Crippen LogP contribution in [-0.4, -0.2) is 42.5 Å². The molecule has 0 atom stereocenters. The van der Waals surface area contributed by atoms with Gasteiger partial charge >= 0.3 is 0 Å². The Morgan fingerprint density at radius 2 is 1.66 bits per heavy atom. The Kier molecular flexibility index (Phi) is 5.86. The summed E-state index contributed by atoms with van der Waals surface area (Å²) in [5, 5.41) is 7.19. The van der Waals surface area contributed by atoms with Crippen molar-refractivity contribution in [3.05, 3.63) is 66.0 Å². The van der Waals surface area contributed by atoms with Gasteiger partial charge in [0.15, 0.2) is 0 Å². The zero-order valence-corrected chi connectivity index (χ0v) is 17.7. The van der Waals surface area contributed by atoms with E-state index in [-0.39, 0.29) is 17.3 Å². The quantitative estimate of drug-likeness (QED) is 0.674. The van der Waals surface area contributed by atoms with Crippen molar-refractivity contribution in [1.82, 2.24) is 14.1 Å². The van der Waals surface area contributed by atoms with E-state index < -0.39 is 10.0 Å². The number of anilines is 1. The smallest absolute Gasteiger partial charge is 0.246 e. The Morgan fingerprint density at radius 3 is 2.31 bits per heavy atom. The summed E-state index contributed by atoms with van der Waals surface area (Å²) >= 11 is 0. The van der Waals surface area contributed by atoms with Gasteiger partial charge in [0.05, 0.1) is 11.4 Å². The predicted molar refractivity (Wildman–Crippen MR) is 113 cm³/mol. The first kappa shape index (κ1) is 20.8. The van der Waals surface area contributed by atoms with Gasteiger partial charge in [0.2, 0.25) is 15.9 Å². The van der Waals surface area contributed by atoms with E-state index in [0.717, 1.165) is 15.4 Å². The van der Waals surface area contributed by atoms with Crippen molar-refractivity contribution in [2.45, 2.75) is 25.3 Å². The van der Waals surface area contributed by atoms with Crippen molar-refractivity contribution >= 4 is 21.6 Å². The summed E-state index contributed by atoms with van der Waals surface area (Å²) in [5.41, 5.74) is 3.39. The lowest BCUT2D eigenvalue weighted by Gasteiger charge is -2.13. The minimum Gasteiger partial charge on any atom is -0.324 e. The van der Waals surface area contributed by atoms with Gasteiger partial charge in [0.1, 0.15) is 11.4 Å². The maximum Gasteiger partial charge on any atom is 0.246 e. The highest BCUT2D eigenvalue weighted by Crippen LogP contribution is 2.28. The monoisotopic (exact) mass is 412 g/mol. The molecule has 2 aromatic carbocycles. The molecule has 1 heterocycles. The standard InChI is InChI=1S/C21H24N4O3S/c1-15-21(29(27,28)24(3)4)16(2)25(23-15)14-20(26)22-19-13-9-8-12-18(19)17-10-6-5-7-11-17/h5-13H,14H2,1-4H3,(H,22,26). The van der Waals surface area contributed by atoms with Crippen LogP contribution < -0.4 is 5.32 Å². The van der Waals surface area contributed by atoms with Crippen molar-refractivity contribution < 1.29 is 13.2 Å². The van der Waals surface area contributed by atoms with Gasteiger partial charge in [0.25, 0.3) is 0 Å². The third-order valence-corrected chi connectivity index (χ3v) is 6.70. The van der Waals surface area contributed by atoms with Crippen LogP contribution >= 0.6 is 0 Å². The molecule has 1 aromatic heterocycles. The first-order chi connectivity index (χ1) is 13.7. The molecule has 3 rings (SSSR count). The molecule has 1 N–H and O–H groups in total. The van der Waals surface area contributed by atoms with Gasteiger partial charge in [-0.25, -0.2) is 12.7 Å². The molecule has 0 fully saturated rings. The fourth-order valence-corrected chi connectivity index (χ4v) is 4.44. The van der Waals surface area contributed by atoms with Crippen molar-refractivity contribution in [2.75, 3.05) is 19.4 Å². The minimum absolute atomic E-state index is 0.0846. The molecule has 3 aromatic rings. The summed E-state index contributed by atoms with van der Waals surface area (Å²) in [6, 6.07) is 17.3. The number of aryl methyl sites for hydroxylation is 1. The second-order valence-electron chi connectivity index (χ2n) is 6.90. The topological polar surface area (TPSA) is 84.3 Å². The predicted octanol–water partition coefficient (Wildman–Crippen LogP) is 3.06. The maximum atomic E-state index is 12.7. The molecule has 0 saturated carbocycles. The lowest BCUT2D eigenvalue weighted by atomic mass is 10.0. The average molecular weight is 413 g/mol. The number of aromatic nitrogens is 2. The first-order valence-corrected chi connectivity index (χ1v) is 10.6. The molecule has 0 saturated heterocycles. The van der Waals surface area contributed by atoms with E-state index in [1.807, 2.05) is 54.6 Å². The highest BCUT2D eigenvalue weighted by Gasteiger charge is 2.27. The van der Waals surface area contributed by atoms with Gasteiger partial charge in [0, 0.05) is 25.3 Å². The van der Waals surface area contributed by atoms with Crippen molar-refractivity contribution in [3.63, 3.8) is 0 Å². The van der Waals surface area contributed by atoms with E-state index in [2.05, 4.69) is 10.4 Å². The molecule has 0 bridgehead atoms. The fourth-order valence-electron chi connectivity index (χ4n) is 3.18. The number of amides is 1. The Balaban J connectivity index is 1.85. The highest BCUT2D eigenvalue weighted by atomic mass is 32.2. The van der Waals surface area contributed by atoms with E-state index in [1.165, 1.54) is 18.8 Å². The van der Waals surface area contributed by atoms with Crippen LogP contribution in [0.25, 0.3) is 11.1 Å². The molecule has 0 unspecified atom stereocenters. The van der Waals surface area contributed by atoms with Gasteiger partial charge in [-0.05, 0) is 25.5 Å².